The summed E-state index contributed by atoms with van der Waals surface area (Å²) < 4.78 is 0. The van der Waals surface area contributed by atoms with Crippen molar-refractivity contribution in [2.24, 2.45) is 23.7 Å². The molecule has 0 nitrogen and oxygen atoms in total. The summed E-state index contributed by atoms with van der Waals surface area (Å²) in [4.78, 5) is 0. The highest BCUT2D eigenvalue weighted by Crippen LogP contribution is 2.51. The minimum absolute atomic E-state index is 0.769. The van der Waals surface area contributed by atoms with Crippen molar-refractivity contribution in [1.29, 1.82) is 0 Å². The molecule has 0 saturated heterocycles. The van der Waals surface area contributed by atoms with Gasteiger partial charge in [0, 0.05) is 0 Å². The second kappa shape index (κ2) is 2.66. The van der Waals surface area contributed by atoms with Gasteiger partial charge in [-0.2, -0.15) is 0 Å². The van der Waals surface area contributed by atoms with E-state index in [1.54, 1.807) is 0 Å². The largest absolute Gasteiger partial charge is 0.103 e. The molecule has 2 bridgehead atoms. The Balaban J connectivity index is 2.01. The number of hydrogen-bond acceptors (Lipinski definition) is 0. The standard InChI is InChI=1S/C11H18/c1-3-8(2)11-7-9-4-5-10(11)6-9/h3,8-11H,1,4-7H2,2H3. The molecule has 2 aliphatic carbocycles. The summed E-state index contributed by atoms with van der Waals surface area (Å²) in [6.45, 7) is 6.22. The van der Waals surface area contributed by atoms with Gasteiger partial charge in [0.1, 0.15) is 0 Å². The highest BCUT2D eigenvalue weighted by atomic mass is 14.5. The first-order chi connectivity index (χ1) is 5.31. The number of hydrogen-bond donors (Lipinski definition) is 0. The van der Waals surface area contributed by atoms with Crippen molar-refractivity contribution in [2.75, 3.05) is 0 Å². The van der Waals surface area contributed by atoms with Crippen LogP contribution in [0.4, 0.5) is 0 Å². The van der Waals surface area contributed by atoms with Crippen molar-refractivity contribution >= 4 is 0 Å². The van der Waals surface area contributed by atoms with Crippen LogP contribution in [0.3, 0.4) is 0 Å². The van der Waals surface area contributed by atoms with Gasteiger partial charge >= 0.3 is 0 Å². The van der Waals surface area contributed by atoms with E-state index < -0.39 is 0 Å². The molecular weight excluding hydrogens is 132 g/mol. The molecule has 0 amide bonds. The molecule has 2 aliphatic rings. The van der Waals surface area contributed by atoms with Gasteiger partial charge < -0.3 is 0 Å². The predicted octanol–water partition coefficient (Wildman–Crippen LogP) is 3.24. The molecule has 0 N–H and O–H groups in total. The Morgan fingerprint density at radius 2 is 2.18 bits per heavy atom. The Kier molecular flexibility index (Phi) is 1.78. The fourth-order valence-corrected chi connectivity index (χ4v) is 3.11. The summed E-state index contributed by atoms with van der Waals surface area (Å²) in [5, 5.41) is 0. The minimum Gasteiger partial charge on any atom is -0.103 e. The molecule has 11 heavy (non-hydrogen) atoms. The molecule has 0 heteroatoms. The van der Waals surface area contributed by atoms with E-state index in [9.17, 15) is 0 Å². The van der Waals surface area contributed by atoms with E-state index in [0.29, 0.717) is 0 Å². The Morgan fingerprint density at radius 1 is 1.36 bits per heavy atom. The summed E-state index contributed by atoms with van der Waals surface area (Å²) in [5.41, 5.74) is 0. The van der Waals surface area contributed by atoms with Crippen LogP contribution in [0.1, 0.15) is 32.6 Å². The Labute approximate surface area is 69.7 Å². The zero-order valence-electron chi connectivity index (χ0n) is 7.42. The van der Waals surface area contributed by atoms with E-state index in [4.69, 9.17) is 0 Å². The average molecular weight is 150 g/mol. The average Bonchev–Trinajstić information content (AvgIpc) is 2.62. The lowest BCUT2D eigenvalue weighted by atomic mass is 9.80. The molecule has 2 saturated carbocycles. The van der Waals surface area contributed by atoms with Crippen molar-refractivity contribution < 1.29 is 0 Å². The Morgan fingerprint density at radius 3 is 2.64 bits per heavy atom. The molecule has 4 unspecified atom stereocenters. The monoisotopic (exact) mass is 150 g/mol. The Bertz CT molecular complexity index is 159. The zero-order valence-corrected chi connectivity index (χ0v) is 7.42. The molecule has 0 aromatic rings. The smallest absolute Gasteiger partial charge is 0.0234 e. The van der Waals surface area contributed by atoms with Gasteiger partial charge in [0.2, 0.25) is 0 Å². The van der Waals surface area contributed by atoms with Crippen LogP contribution in [0, 0.1) is 23.7 Å². The van der Waals surface area contributed by atoms with E-state index in [1.165, 1.54) is 25.7 Å². The number of fused-ring (bicyclic) bond motifs is 2. The van der Waals surface area contributed by atoms with Crippen molar-refractivity contribution in [3.8, 4) is 0 Å². The van der Waals surface area contributed by atoms with E-state index in [0.717, 1.165) is 23.7 Å². The summed E-state index contributed by atoms with van der Waals surface area (Å²) >= 11 is 0. The lowest BCUT2D eigenvalue weighted by molar-refractivity contribution is 0.276. The van der Waals surface area contributed by atoms with Gasteiger partial charge in [-0.1, -0.05) is 19.4 Å². The van der Waals surface area contributed by atoms with E-state index >= 15 is 0 Å². The molecular formula is C11H18. The highest BCUT2D eigenvalue weighted by Gasteiger charge is 2.40. The van der Waals surface area contributed by atoms with Gasteiger partial charge in [-0.3, -0.25) is 0 Å². The van der Waals surface area contributed by atoms with E-state index in [2.05, 4.69) is 19.6 Å². The van der Waals surface area contributed by atoms with Crippen LogP contribution >= 0.6 is 0 Å². The maximum atomic E-state index is 3.89. The normalized spacial score (nSPS) is 44.3. The lowest BCUT2D eigenvalue weighted by Crippen LogP contribution is -2.16. The van der Waals surface area contributed by atoms with Crippen LogP contribution in [0.15, 0.2) is 12.7 Å². The first kappa shape index (κ1) is 7.39. The molecule has 0 aromatic heterocycles. The fourth-order valence-electron chi connectivity index (χ4n) is 3.11. The molecule has 62 valence electrons. The van der Waals surface area contributed by atoms with Crippen LogP contribution in [0.5, 0.6) is 0 Å². The molecule has 2 rings (SSSR count). The lowest BCUT2D eigenvalue weighted by Gasteiger charge is -2.25. The van der Waals surface area contributed by atoms with Crippen LogP contribution in [-0.4, -0.2) is 0 Å². The summed E-state index contributed by atoms with van der Waals surface area (Å²) in [5.74, 6) is 3.91. The van der Waals surface area contributed by atoms with Crippen molar-refractivity contribution in [3.63, 3.8) is 0 Å². The van der Waals surface area contributed by atoms with Gasteiger partial charge in [0.05, 0.1) is 0 Å². The molecule has 0 spiro atoms. The van der Waals surface area contributed by atoms with Crippen molar-refractivity contribution in [3.05, 3.63) is 12.7 Å². The maximum Gasteiger partial charge on any atom is -0.0234 e. The molecule has 0 aliphatic heterocycles. The molecule has 0 radical (unpaired) electrons. The fraction of sp³-hybridized carbons (Fsp3) is 0.818. The van der Waals surface area contributed by atoms with Gasteiger partial charge in [-0.05, 0) is 42.9 Å². The van der Waals surface area contributed by atoms with Crippen LogP contribution in [-0.2, 0) is 0 Å². The van der Waals surface area contributed by atoms with Crippen LogP contribution < -0.4 is 0 Å². The maximum absolute atomic E-state index is 3.89. The summed E-state index contributed by atoms with van der Waals surface area (Å²) in [6, 6.07) is 0. The van der Waals surface area contributed by atoms with Gasteiger partial charge in [-0.15, -0.1) is 6.58 Å². The second-order valence-corrected chi connectivity index (χ2v) is 4.43. The molecule has 4 atom stereocenters. The molecule has 2 fully saturated rings. The third-order valence-corrected chi connectivity index (χ3v) is 3.84. The Hall–Kier alpha value is -0.260. The first-order valence-electron chi connectivity index (χ1n) is 4.94. The number of rotatable bonds is 2. The van der Waals surface area contributed by atoms with E-state index in [-0.39, 0.29) is 0 Å². The topological polar surface area (TPSA) is 0 Å². The van der Waals surface area contributed by atoms with Gasteiger partial charge in [0.25, 0.3) is 0 Å². The second-order valence-electron chi connectivity index (χ2n) is 4.43. The van der Waals surface area contributed by atoms with Gasteiger partial charge in [0.15, 0.2) is 0 Å². The molecule has 0 aromatic carbocycles. The van der Waals surface area contributed by atoms with Crippen molar-refractivity contribution in [1.82, 2.24) is 0 Å². The summed E-state index contributed by atoms with van der Waals surface area (Å²) in [6.07, 6.45) is 8.20. The SMILES string of the molecule is C=CC(C)C1CC2CCC1C2. The quantitative estimate of drug-likeness (QED) is 0.530. The summed E-state index contributed by atoms with van der Waals surface area (Å²) in [7, 11) is 0. The minimum atomic E-state index is 0.769. The first-order valence-corrected chi connectivity index (χ1v) is 4.94. The third-order valence-electron chi connectivity index (χ3n) is 3.84. The predicted molar refractivity (Wildman–Crippen MR) is 48.3 cm³/mol. The number of allylic oxidation sites excluding steroid dienone is 1. The molecule has 0 heterocycles. The highest BCUT2D eigenvalue weighted by molar-refractivity contribution is 4.95. The third kappa shape index (κ3) is 1.13. The van der Waals surface area contributed by atoms with Crippen molar-refractivity contribution in [2.45, 2.75) is 32.6 Å². The zero-order chi connectivity index (χ0) is 7.84. The van der Waals surface area contributed by atoms with Crippen LogP contribution in [0.2, 0.25) is 0 Å². The van der Waals surface area contributed by atoms with Crippen LogP contribution in [0.25, 0.3) is 0 Å². The van der Waals surface area contributed by atoms with E-state index in [1.807, 2.05) is 0 Å². The van der Waals surface area contributed by atoms with Gasteiger partial charge in [-0.25, -0.2) is 0 Å².